The summed E-state index contributed by atoms with van der Waals surface area (Å²) < 4.78 is 15.2. The van der Waals surface area contributed by atoms with Gasteiger partial charge in [-0.3, -0.25) is 0 Å². The number of piperidine rings is 1. The minimum Gasteiger partial charge on any atom is -0.363 e. The summed E-state index contributed by atoms with van der Waals surface area (Å²) in [6, 6.07) is 8.24. The summed E-state index contributed by atoms with van der Waals surface area (Å²) in [4.78, 5) is 11.4. The molecule has 0 bridgehead atoms. The summed E-state index contributed by atoms with van der Waals surface area (Å²) in [5, 5.41) is 6.52. The van der Waals surface area contributed by atoms with Crippen molar-refractivity contribution in [2.45, 2.75) is 38.3 Å². The number of nitrogens with zero attached hydrogens (tertiary/aromatic N) is 3. The summed E-state index contributed by atoms with van der Waals surface area (Å²) in [5.41, 5.74) is 2.00. The fourth-order valence-corrected chi connectivity index (χ4v) is 3.83. The average Bonchev–Trinajstić information content (AvgIpc) is 3.04. The van der Waals surface area contributed by atoms with Gasteiger partial charge in [0.2, 0.25) is 0 Å². The molecular weight excluding hydrogens is 329 g/mol. The number of aromatic nitrogens is 2. The van der Waals surface area contributed by atoms with Crippen LogP contribution in [0.15, 0.2) is 30.5 Å². The Hall–Kier alpha value is -2.21. The second-order valence-corrected chi connectivity index (χ2v) is 7.61. The highest BCUT2D eigenvalue weighted by Crippen LogP contribution is 2.35. The van der Waals surface area contributed by atoms with E-state index in [4.69, 9.17) is 4.98 Å². The normalized spacial score (nSPS) is 18.7. The van der Waals surface area contributed by atoms with Gasteiger partial charge in [0.15, 0.2) is 11.6 Å². The van der Waals surface area contributed by atoms with Gasteiger partial charge in [0.1, 0.15) is 5.67 Å². The van der Waals surface area contributed by atoms with Gasteiger partial charge in [-0.05, 0) is 37.4 Å². The van der Waals surface area contributed by atoms with Crippen LogP contribution in [0.25, 0.3) is 11.4 Å². The third kappa shape index (κ3) is 3.26. The van der Waals surface area contributed by atoms with E-state index in [-0.39, 0.29) is 0 Å². The van der Waals surface area contributed by atoms with E-state index in [1.807, 2.05) is 23.2 Å². The van der Waals surface area contributed by atoms with E-state index in [0.717, 1.165) is 30.2 Å². The molecule has 26 heavy (non-hydrogen) atoms. The molecule has 0 radical (unpaired) electrons. The van der Waals surface area contributed by atoms with Gasteiger partial charge in [0, 0.05) is 5.56 Å². The standard InChI is InChI=1S/C20H26FN5/c1-14(2)15-5-3-4-6-16(15)18-23-11-17-19(25-18)26(13-24-17)12-20(21)7-9-22-10-8-20/h3-6,11,14,22,24H,7-10,12-13H2,1-2H3. The smallest absolute Gasteiger partial charge is 0.161 e. The molecule has 0 amide bonds. The summed E-state index contributed by atoms with van der Waals surface area (Å²) >= 11 is 0. The van der Waals surface area contributed by atoms with Crippen LogP contribution in [0.3, 0.4) is 0 Å². The van der Waals surface area contributed by atoms with Crippen molar-refractivity contribution in [2.75, 3.05) is 36.5 Å². The molecule has 0 spiro atoms. The molecule has 5 nitrogen and oxygen atoms in total. The number of benzene rings is 1. The Morgan fingerprint density at radius 3 is 2.77 bits per heavy atom. The van der Waals surface area contributed by atoms with Gasteiger partial charge in [0.05, 0.1) is 25.1 Å². The first-order valence-corrected chi connectivity index (χ1v) is 9.40. The van der Waals surface area contributed by atoms with Crippen molar-refractivity contribution in [3.05, 3.63) is 36.0 Å². The summed E-state index contributed by atoms with van der Waals surface area (Å²) in [6.45, 7) is 6.77. The molecule has 0 unspecified atom stereocenters. The number of nitrogens with one attached hydrogen (secondary N) is 2. The molecule has 2 aliphatic rings. The van der Waals surface area contributed by atoms with Crippen molar-refractivity contribution in [3.8, 4) is 11.4 Å². The topological polar surface area (TPSA) is 53.1 Å². The Kier molecular flexibility index (Phi) is 4.53. The van der Waals surface area contributed by atoms with Crippen LogP contribution in [0.4, 0.5) is 15.9 Å². The predicted octanol–water partition coefficient (Wildman–Crippen LogP) is 3.55. The lowest BCUT2D eigenvalue weighted by Gasteiger charge is -2.33. The summed E-state index contributed by atoms with van der Waals surface area (Å²) in [5.74, 6) is 1.91. The van der Waals surface area contributed by atoms with Crippen molar-refractivity contribution < 1.29 is 4.39 Å². The summed E-state index contributed by atoms with van der Waals surface area (Å²) in [7, 11) is 0. The Labute approximate surface area is 154 Å². The first-order chi connectivity index (χ1) is 12.6. The lowest BCUT2D eigenvalue weighted by Crippen LogP contribution is -2.47. The maximum absolute atomic E-state index is 15.2. The first-order valence-electron chi connectivity index (χ1n) is 9.40. The van der Waals surface area contributed by atoms with E-state index >= 15 is 4.39 Å². The predicted molar refractivity (Wildman–Crippen MR) is 103 cm³/mol. The molecule has 1 aromatic heterocycles. The Bertz CT molecular complexity index is 786. The van der Waals surface area contributed by atoms with Crippen LogP contribution >= 0.6 is 0 Å². The average molecular weight is 355 g/mol. The molecule has 3 heterocycles. The third-order valence-electron chi connectivity index (χ3n) is 5.33. The molecule has 0 saturated carbocycles. The zero-order valence-electron chi connectivity index (χ0n) is 15.4. The van der Waals surface area contributed by atoms with E-state index < -0.39 is 5.67 Å². The molecule has 4 rings (SSSR count). The largest absolute Gasteiger partial charge is 0.363 e. The Balaban J connectivity index is 1.64. The third-order valence-corrected chi connectivity index (χ3v) is 5.33. The van der Waals surface area contributed by atoms with Gasteiger partial charge in [-0.25, -0.2) is 14.4 Å². The molecule has 0 atom stereocenters. The molecule has 0 aliphatic carbocycles. The van der Waals surface area contributed by atoms with Crippen LogP contribution in [0.2, 0.25) is 0 Å². The van der Waals surface area contributed by atoms with E-state index in [1.165, 1.54) is 5.56 Å². The number of anilines is 2. The molecule has 2 aromatic rings. The van der Waals surface area contributed by atoms with Gasteiger partial charge < -0.3 is 15.5 Å². The molecule has 1 aromatic carbocycles. The van der Waals surface area contributed by atoms with Crippen molar-refractivity contribution in [2.24, 2.45) is 0 Å². The van der Waals surface area contributed by atoms with E-state index in [2.05, 4.69) is 41.6 Å². The number of hydrogen-bond acceptors (Lipinski definition) is 5. The van der Waals surface area contributed by atoms with Crippen LogP contribution in [0, 0.1) is 0 Å². The molecule has 2 N–H and O–H groups in total. The maximum atomic E-state index is 15.2. The van der Waals surface area contributed by atoms with Crippen molar-refractivity contribution in [1.82, 2.24) is 15.3 Å². The second-order valence-electron chi connectivity index (χ2n) is 7.61. The minimum absolute atomic E-state index is 0.372. The van der Waals surface area contributed by atoms with E-state index in [9.17, 15) is 0 Å². The summed E-state index contributed by atoms with van der Waals surface area (Å²) in [6.07, 6.45) is 2.92. The minimum atomic E-state index is -1.16. The molecule has 138 valence electrons. The number of alkyl halides is 1. The van der Waals surface area contributed by atoms with Crippen LogP contribution in [0.1, 0.15) is 38.2 Å². The van der Waals surface area contributed by atoms with Crippen molar-refractivity contribution in [1.29, 1.82) is 0 Å². The lowest BCUT2D eigenvalue weighted by atomic mass is 9.94. The zero-order valence-corrected chi connectivity index (χ0v) is 15.4. The second kappa shape index (κ2) is 6.83. The number of halogens is 1. The Morgan fingerprint density at radius 1 is 1.23 bits per heavy atom. The monoisotopic (exact) mass is 355 g/mol. The molecular formula is C20H26FN5. The van der Waals surface area contributed by atoms with E-state index in [0.29, 0.717) is 37.8 Å². The van der Waals surface area contributed by atoms with Gasteiger partial charge in [-0.15, -0.1) is 0 Å². The number of rotatable bonds is 4. The van der Waals surface area contributed by atoms with Gasteiger partial charge >= 0.3 is 0 Å². The van der Waals surface area contributed by atoms with Crippen LogP contribution in [0.5, 0.6) is 0 Å². The van der Waals surface area contributed by atoms with Crippen molar-refractivity contribution >= 4 is 11.5 Å². The molecule has 1 fully saturated rings. The van der Waals surface area contributed by atoms with Crippen molar-refractivity contribution in [3.63, 3.8) is 0 Å². The van der Waals surface area contributed by atoms with Gasteiger partial charge in [-0.2, -0.15) is 0 Å². The highest BCUT2D eigenvalue weighted by molar-refractivity contribution is 5.73. The Morgan fingerprint density at radius 2 is 2.00 bits per heavy atom. The zero-order chi connectivity index (χ0) is 18.1. The molecule has 2 aliphatic heterocycles. The van der Waals surface area contributed by atoms with Crippen LogP contribution in [-0.2, 0) is 0 Å². The lowest BCUT2D eigenvalue weighted by molar-refractivity contribution is 0.123. The molecule has 6 heteroatoms. The fourth-order valence-electron chi connectivity index (χ4n) is 3.83. The van der Waals surface area contributed by atoms with E-state index in [1.54, 1.807) is 0 Å². The number of hydrogen-bond donors (Lipinski definition) is 2. The highest BCUT2D eigenvalue weighted by Gasteiger charge is 2.36. The number of fused-ring (bicyclic) bond motifs is 1. The van der Waals surface area contributed by atoms with Crippen LogP contribution in [-0.4, -0.2) is 41.9 Å². The van der Waals surface area contributed by atoms with Gasteiger partial charge in [-0.1, -0.05) is 38.1 Å². The van der Waals surface area contributed by atoms with Crippen LogP contribution < -0.4 is 15.5 Å². The highest BCUT2D eigenvalue weighted by atomic mass is 19.1. The fraction of sp³-hybridized carbons (Fsp3) is 0.500. The first kappa shape index (κ1) is 17.2. The quantitative estimate of drug-likeness (QED) is 0.878. The maximum Gasteiger partial charge on any atom is 0.161 e. The molecule has 1 saturated heterocycles. The van der Waals surface area contributed by atoms with Gasteiger partial charge in [0.25, 0.3) is 0 Å². The SMILES string of the molecule is CC(C)c1ccccc1-c1ncc2c(n1)N(CC1(F)CCNCC1)CN2.